The molecule has 2 atom stereocenters. The monoisotopic (exact) mass is 430 g/mol. The fourth-order valence-electron chi connectivity index (χ4n) is 2.86. The number of carbonyl (C=O) groups excluding carboxylic acids is 2. The minimum atomic E-state index is -0.614. The molecule has 30 heavy (non-hydrogen) atoms. The fourth-order valence-corrected chi connectivity index (χ4v) is 3.73. The van der Waals surface area contributed by atoms with Crippen LogP contribution in [0.1, 0.15) is 43.9 Å². The van der Waals surface area contributed by atoms with Crippen molar-refractivity contribution in [1.82, 2.24) is 10.2 Å². The molecular weight excluding hydrogens is 399 g/mol. The predicted molar refractivity (Wildman–Crippen MR) is 122 cm³/mol. The smallest absolute Gasteiger partial charge is 0.242 e. The second-order valence-electron chi connectivity index (χ2n) is 7.62. The number of amides is 2. The van der Waals surface area contributed by atoms with Crippen molar-refractivity contribution < 1.29 is 14.0 Å². The van der Waals surface area contributed by atoms with Crippen LogP contribution in [0.15, 0.2) is 48.5 Å². The minimum absolute atomic E-state index is 0.0404. The summed E-state index contributed by atoms with van der Waals surface area (Å²) in [5.41, 5.74) is 3.15. The van der Waals surface area contributed by atoms with E-state index in [0.717, 1.165) is 23.3 Å². The summed E-state index contributed by atoms with van der Waals surface area (Å²) in [4.78, 5) is 27.2. The summed E-state index contributed by atoms with van der Waals surface area (Å²) in [6, 6.07) is 13.7. The molecule has 2 amide bonds. The van der Waals surface area contributed by atoms with E-state index in [4.69, 9.17) is 0 Å². The van der Waals surface area contributed by atoms with Gasteiger partial charge in [-0.05, 0) is 50.5 Å². The molecule has 2 aromatic rings. The molecule has 0 bridgehead atoms. The van der Waals surface area contributed by atoms with Crippen LogP contribution >= 0.6 is 11.8 Å². The Bertz CT molecular complexity index is 824. The number of carbonyl (C=O) groups is 2. The van der Waals surface area contributed by atoms with Gasteiger partial charge in [0, 0.05) is 18.3 Å². The van der Waals surface area contributed by atoms with Crippen LogP contribution in [0.25, 0.3) is 0 Å². The first-order valence-corrected chi connectivity index (χ1v) is 11.4. The summed E-state index contributed by atoms with van der Waals surface area (Å²) in [7, 11) is 0. The second kappa shape index (κ2) is 11.7. The molecule has 6 heteroatoms. The van der Waals surface area contributed by atoms with Crippen molar-refractivity contribution in [3.05, 3.63) is 71.0 Å². The Hall–Kier alpha value is -2.34. The third kappa shape index (κ3) is 7.48. The van der Waals surface area contributed by atoms with Crippen LogP contribution in [0, 0.1) is 12.7 Å². The number of hydrogen-bond acceptors (Lipinski definition) is 3. The van der Waals surface area contributed by atoms with Gasteiger partial charge in [-0.3, -0.25) is 9.59 Å². The van der Waals surface area contributed by atoms with E-state index < -0.39 is 6.04 Å². The van der Waals surface area contributed by atoms with Crippen molar-refractivity contribution in [2.75, 3.05) is 5.75 Å². The highest BCUT2D eigenvalue weighted by molar-refractivity contribution is 7.99. The largest absolute Gasteiger partial charge is 0.352 e. The predicted octanol–water partition coefficient (Wildman–Crippen LogP) is 4.70. The molecule has 2 aromatic carbocycles. The highest BCUT2D eigenvalue weighted by Gasteiger charge is 2.26. The first-order valence-electron chi connectivity index (χ1n) is 10.3. The Morgan fingerprint density at radius 3 is 2.23 bits per heavy atom. The number of halogens is 1. The zero-order valence-corrected chi connectivity index (χ0v) is 19.0. The van der Waals surface area contributed by atoms with Gasteiger partial charge in [-0.2, -0.15) is 0 Å². The Balaban J connectivity index is 2.06. The molecule has 0 saturated carbocycles. The molecule has 0 aromatic heterocycles. The Kier molecular flexibility index (Phi) is 9.37. The SMILES string of the molecule is CC[C@@H](C)NC(=O)[C@H](C)N(Cc1ccc(F)cc1)C(=O)CSCc1ccc(C)cc1. The Labute approximate surface area is 183 Å². The van der Waals surface area contributed by atoms with Crippen molar-refractivity contribution in [3.63, 3.8) is 0 Å². The van der Waals surface area contributed by atoms with Crippen molar-refractivity contribution in [2.45, 2.75) is 58.5 Å². The van der Waals surface area contributed by atoms with Gasteiger partial charge in [0.1, 0.15) is 11.9 Å². The number of hydrogen-bond donors (Lipinski definition) is 1. The molecule has 0 heterocycles. The van der Waals surface area contributed by atoms with Crippen LogP contribution in [-0.4, -0.2) is 34.6 Å². The van der Waals surface area contributed by atoms with Crippen LogP contribution in [0.4, 0.5) is 4.39 Å². The first kappa shape index (κ1) is 23.9. The standard InChI is InChI=1S/C24H31FN2O2S/c1-5-18(3)26-24(29)19(4)27(14-20-10-12-22(25)13-11-20)23(28)16-30-15-21-8-6-17(2)7-9-21/h6-13,18-19H,5,14-16H2,1-4H3,(H,26,29)/t18-,19+/m1/s1. The maximum absolute atomic E-state index is 13.3. The normalized spacial score (nSPS) is 12.8. The fraction of sp³-hybridized carbons (Fsp3) is 0.417. The van der Waals surface area contributed by atoms with E-state index in [1.165, 1.54) is 29.5 Å². The van der Waals surface area contributed by atoms with Gasteiger partial charge in [-0.15, -0.1) is 11.8 Å². The van der Waals surface area contributed by atoms with Gasteiger partial charge in [-0.1, -0.05) is 48.9 Å². The number of thioether (sulfide) groups is 1. The van der Waals surface area contributed by atoms with Crippen molar-refractivity contribution in [2.24, 2.45) is 0 Å². The molecule has 0 saturated heterocycles. The topological polar surface area (TPSA) is 49.4 Å². The Morgan fingerprint density at radius 2 is 1.63 bits per heavy atom. The molecule has 0 aliphatic rings. The van der Waals surface area contributed by atoms with E-state index in [-0.39, 0.29) is 36.0 Å². The van der Waals surface area contributed by atoms with Gasteiger partial charge in [-0.25, -0.2) is 4.39 Å². The number of rotatable bonds is 10. The molecule has 0 unspecified atom stereocenters. The number of benzene rings is 2. The average molecular weight is 431 g/mol. The van der Waals surface area contributed by atoms with Crippen LogP contribution in [0.2, 0.25) is 0 Å². The number of aryl methyl sites for hydroxylation is 1. The molecule has 2 rings (SSSR count). The van der Waals surface area contributed by atoms with Crippen LogP contribution in [0.3, 0.4) is 0 Å². The maximum Gasteiger partial charge on any atom is 0.242 e. The zero-order chi connectivity index (χ0) is 22.1. The molecule has 0 radical (unpaired) electrons. The van der Waals surface area contributed by atoms with Gasteiger partial charge >= 0.3 is 0 Å². The van der Waals surface area contributed by atoms with Crippen LogP contribution in [-0.2, 0) is 21.9 Å². The molecule has 0 aliphatic carbocycles. The van der Waals surface area contributed by atoms with E-state index >= 15 is 0 Å². The molecule has 0 spiro atoms. The number of nitrogens with zero attached hydrogens (tertiary/aromatic N) is 1. The van der Waals surface area contributed by atoms with Gasteiger partial charge in [0.15, 0.2) is 0 Å². The first-order chi connectivity index (χ1) is 14.3. The van der Waals surface area contributed by atoms with E-state index in [1.807, 2.05) is 20.8 Å². The van der Waals surface area contributed by atoms with Crippen LogP contribution < -0.4 is 5.32 Å². The lowest BCUT2D eigenvalue weighted by atomic mass is 10.1. The lowest BCUT2D eigenvalue weighted by Gasteiger charge is -2.29. The lowest BCUT2D eigenvalue weighted by molar-refractivity contribution is -0.138. The van der Waals surface area contributed by atoms with Crippen LogP contribution in [0.5, 0.6) is 0 Å². The van der Waals surface area contributed by atoms with Gasteiger partial charge in [0.05, 0.1) is 5.75 Å². The average Bonchev–Trinajstić information content (AvgIpc) is 2.74. The highest BCUT2D eigenvalue weighted by atomic mass is 32.2. The lowest BCUT2D eigenvalue weighted by Crippen LogP contribution is -2.50. The summed E-state index contributed by atoms with van der Waals surface area (Å²) in [5.74, 6) is 0.388. The van der Waals surface area contributed by atoms with Gasteiger partial charge < -0.3 is 10.2 Å². The van der Waals surface area contributed by atoms with Gasteiger partial charge in [0.25, 0.3) is 0 Å². The van der Waals surface area contributed by atoms with E-state index in [0.29, 0.717) is 0 Å². The van der Waals surface area contributed by atoms with Gasteiger partial charge in [0.2, 0.25) is 11.8 Å². The van der Waals surface area contributed by atoms with E-state index in [9.17, 15) is 14.0 Å². The summed E-state index contributed by atoms with van der Waals surface area (Å²) < 4.78 is 13.3. The number of nitrogens with one attached hydrogen (secondary N) is 1. The van der Waals surface area contributed by atoms with Crippen molar-refractivity contribution >= 4 is 23.6 Å². The molecule has 4 nitrogen and oxygen atoms in total. The Morgan fingerprint density at radius 1 is 1.03 bits per heavy atom. The minimum Gasteiger partial charge on any atom is -0.352 e. The summed E-state index contributed by atoms with van der Waals surface area (Å²) in [6.07, 6.45) is 0.816. The summed E-state index contributed by atoms with van der Waals surface area (Å²) in [6.45, 7) is 7.98. The third-order valence-corrected chi connectivity index (χ3v) is 6.04. The maximum atomic E-state index is 13.3. The zero-order valence-electron chi connectivity index (χ0n) is 18.2. The van der Waals surface area contributed by atoms with Crippen molar-refractivity contribution in [1.29, 1.82) is 0 Å². The second-order valence-corrected chi connectivity index (χ2v) is 8.61. The molecular formula is C24H31FN2O2S. The van der Waals surface area contributed by atoms with Crippen molar-refractivity contribution in [3.8, 4) is 0 Å². The highest BCUT2D eigenvalue weighted by Crippen LogP contribution is 2.17. The molecule has 0 fully saturated rings. The summed E-state index contributed by atoms with van der Waals surface area (Å²) >= 11 is 1.53. The molecule has 162 valence electrons. The van der Waals surface area contributed by atoms with E-state index in [1.54, 1.807) is 24.0 Å². The molecule has 0 aliphatic heterocycles. The quantitative estimate of drug-likeness (QED) is 0.594. The summed E-state index contributed by atoms with van der Waals surface area (Å²) in [5, 5.41) is 2.95. The third-order valence-electron chi connectivity index (χ3n) is 5.05. The van der Waals surface area contributed by atoms with E-state index in [2.05, 4.69) is 29.6 Å². The molecule has 1 N–H and O–H groups in total.